The quantitative estimate of drug-likeness (QED) is 0.432. The standard InChI is InChI=1S/C14H19N5OS2/c1-4-20-14(22)19-17-12(11-8-6-5-7-9-11)10(2)16-18-13(21)15-3/h5-9H,4H2,1-3H3,(H,19,22)(H2,15,18,21)/b16-10+,17-12-. The second kappa shape index (κ2) is 9.80. The molecule has 0 aliphatic rings. The summed E-state index contributed by atoms with van der Waals surface area (Å²) in [7, 11) is 1.72. The molecule has 0 amide bonds. The largest absolute Gasteiger partial charge is 0.470 e. The van der Waals surface area contributed by atoms with Gasteiger partial charge in [0.25, 0.3) is 5.17 Å². The zero-order valence-electron chi connectivity index (χ0n) is 12.7. The third-order valence-corrected chi connectivity index (χ3v) is 2.98. The van der Waals surface area contributed by atoms with Gasteiger partial charge in [-0.3, -0.25) is 5.43 Å². The van der Waals surface area contributed by atoms with Crippen molar-refractivity contribution in [2.45, 2.75) is 13.8 Å². The highest BCUT2D eigenvalue weighted by Crippen LogP contribution is 2.03. The highest BCUT2D eigenvalue weighted by Gasteiger charge is 2.08. The second-order valence-electron chi connectivity index (χ2n) is 4.05. The van der Waals surface area contributed by atoms with E-state index < -0.39 is 0 Å². The first-order valence-electron chi connectivity index (χ1n) is 6.66. The zero-order chi connectivity index (χ0) is 16.4. The first-order chi connectivity index (χ1) is 10.6. The maximum absolute atomic E-state index is 5.15. The lowest BCUT2D eigenvalue weighted by molar-refractivity contribution is 0.321. The van der Waals surface area contributed by atoms with Crippen molar-refractivity contribution in [3.05, 3.63) is 35.9 Å². The van der Waals surface area contributed by atoms with Gasteiger partial charge < -0.3 is 10.1 Å². The fourth-order valence-electron chi connectivity index (χ4n) is 1.46. The van der Waals surface area contributed by atoms with Crippen LogP contribution in [0, 0.1) is 0 Å². The van der Waals surface area contributed by atoms with Crippen molar-refractivity contribution in [2.24, 2.45) is 10.2 Å². The smallest absolute Gasteiger partial charge is 0.277 e. The molecule has 0 saturated heterocycles. The van der Waals surface area contributed by atoms with Crippen LogP contribution in [0.25, 0.3) is 0 Å². The van der Waals surface area contributed by atoms with Crippen molar-refractivity contribution in [3.8, 4) is 0 Å². The van der Waals surface area contributed by atoms with Gasteiger partial charge in [0.15, 0.2) is 5.11 Å². The van der Waals surface area contributed by atoms with Crippen molar-refractivity contribution in [1.82, 2.24) is 16.2 Å². The normalized spacial score (nSPS) is 11.6. The Hall–Kier alpha value is -2.06. The minimum Gasteiger partial charge on any atom is -0.470 e. The SMILES string of the molecule is CCOC(=S)N/N=C(/C(C)=N/NC(=S)NC)c1ccccc1. The van der Waals surface area contributed by atoms with Crippen LogP contribution < -0.4 is 16.2 Å². The summed E-state index contributed by atoms with van der Waals surface area (Å²) >= 11 is 10.00. The summed E-state index contributed by atoms with van der Waals surface area (Å²) in [4.78, 5) is 0. The van der Waals surface area contributed by atoms with Crippen LogP contribution in [0.2, 0.25) is 0 Å². The highest BCUT2D eigenvalue weighted by atomic mass is 32.1. The molecule has 22 heavy (non-hydrogen) atoms. The van der Waals surface area contributed by atoms with Crippen LogP contribution in [0.3, 0.4) is 0 Å². The van der Waals surface area contributed by atoms with Gasteiger partial charge in [-0.1, -0.05) is 30.3 Å². The van der Waals surface area contributed by atoms with E-state index in [9.17, 15) is 0 Å². The van der Waals surface area contributed by atoms with Crippen molar-refractivity contribution in [2.75, 3.05) is 13.7 Å². The van der Waals surface area contributed by atoms with E-state index in [4.69, 9.17) is 29.2 Å². The molecule has 0 atom stereocenters. The Morgan fingerprint density at radius 3 is 2.41 bits per heavy atom. The number of benzene rings is 1. The van der Waals surface area contributed by atoms with Gasteiger partial charge in [-0.05, 0) is 38.3 Å². The first-order valence-corrected chi connectivity index (χ1v) is 7.48. The third kappa shape index (κ3) is 6.15. The van der Waals surface area contributed by atoms with Gasteiger partial charge in [0.1, 0.15) is 5.71 Å². The topological polar surface area (TPSA) is 70.0 Å². The maximum atomic E-state index is 5.15. The first kappa shape index (κ1) is 18.0. The van der Waals surface area contributed by atoms with Crippen LogP contribution >= 0.6 is 24.4 Å². The molecule has 0 saturated carbocycles. The zero-order valence-corrected chi connectivity index (χ0v) is 14.3. The molecule has 118 valence electrons. The molecule has 0 aliphatic heterocycles. The third-order valence-electron chi connectivity index (χ3n) is 2.48. The minimum atomic E-state index is 0.211. The molecule has 0 spiro atoms. The molecule has 8 heteroatoms. The summed E-state index contributed by atoms with van der Waals surface area (Å²) in [6, 6.07) is 9.63. The number of nitrogens with one attached hydrogen (secondary N) is 3. The predicted octanol–water partition coefficient (Wildman–Crippen LogP) is 1.77. The Kier molecular flexibility index (Phi) is 8.01. The Labute approximate surface area is 141 Å². The Balaban J connectivity index is 2.99. The molecule has 0 fully saturated rings. The van der Waals surface area contributed by atoms with E-state index in [1.807, 2.05) is 44.2 Å². The van der Waals surface area contributed by atoms with Crippen molar-refractivity contribution in [3.63, 3.8) is 0 Å². The Morgan fingerprint density at radius 1 is 1.14 bits per heavy atom. The van der Waals surface area contributed by atoms with E-state index >= 15 is 0 Å². The number of nitrogens with zero attached hydrogens (tertiary/aromatic N) is 2. The highest BCUT2D eigenvalue weighted by molar-refractivity contribution is 7.80. The van der Waals surface area contributed by atoms with Crippen LogP contribution in [0.4, 0.5) is 0 Å². The minimum absolute atomic E-state index is 0.211. The van der Waals surface area contributed by atoms with Gasteiger partial charge in [0.2, 0.25) is 0 Å². The molecule has 0 unspecified atom stereocenters. The van der Waals surface area contributed by atoms with Gasteiger partial charge in [-0.25, -0.2) is 5.43 Å². The van der Waals surface area contributed by atoms with Crippen LogP contribution in [-0.4, -0.2) is 35.4 Å². The second-order valence-corrected chi connectivity index (χ2v) is 4.83. The van der Waals surface area contributed by atoms with E-state index in [1.54, 1.807) is 7.05 Å². The summed E-state index contributed by atoms with van der Waals surface area (Å²) in [5, 5.41) is 11.9. The number of rotatable bonds is 5. The van der Waals surface area contributed by atoms with Gasteiger partial charge in [0, 0.05) is 12.6 Å². The maximum Gasteiger partial charge on any atom is 0.277 e. The van der Waals surface area contributed by atoms with E-state index in [2.05, 4.69) is 26.4 Å². The van der Waals surface area contributed by atoms with Crippen LogP contribution in [0.15, 0.2) is 40.5 Å². The van der Waals surface area contributed by atoms with E-state index in [-0.39, 0.29) is 5.17 Å². The van der Waals surface area contributed by atoms with Gasteiger partial charge >= 0.3 is 0 Å². The van der Waals surface area contributed by atoms with Crippen LogP contribution in [0.1, 0.15) is 19.4 Å². The summed E-state index contributed by atoms with van der Waals surface area (Å²) in [6.45, 7) is 4.15. The molecule has 3 N–H and O–H groups in total. The summed E-state index contributed by atoms with van der Waals surface area (Å²) < 4.78 is 5.15. The average Bonchev–Trinajstić information content (AvgIpc) is 2.54. The van der Waals surface area contributed by atoms with Gasteiger partial charge in [-0.15, -0.1) is 0 Å². The van der Waals surface area contributed by atoms with E-state index in [1.165, 1.54) is 0 Å². The number of ether oxygens (including phenoxy) is 1. The lowest BCUT2D eigenvalue weighted by Crippen LogP contribution is -2.31. The van der Waals surface area contributed by atoms with Crippen molar-refractivity contribution in [1.29, 1.82) is 0 Å². The summed E-state index contributed by atoms with van der Waals surface area (Å²) in [6.07, 6.45) is 0. The Morgan fingerprint density at radius 2 is 1.82 bits per heavy atom. The van der Waals surface area contributed by atoms with Crippen LogP contribution in [0.5, 0.6) is 0 Å². The predicted molar refractivity (Wildman–Crippen MR) is 98.2 cm³/mol. The average molecular weight is 337 g/mol. The van der Waals surface area contributed by atoms with E-state index in [0.29, 0.717) is 23.1 Å². The molecule has 0 aliphatic carbocycles. The summed E-state index contributed by atoms with van der Waals surface area (Å²) in [5.74, 6) is 0. The molecule has 1 aromatic rings. The van der Waals surface area contributed by atoms with Crippen molar-refractivity contribution >= 4 is 46.1 Å². The molecule has 0 heterocycles. The van der Waals surface area contributed by atoms with Crippen LogP contribution in [-0.2, 0) is 4.74 Å². The lowest BCUT2D eigenvalue weighted by atomic mass is 10.1. The molecule has 0 aromatic heterocycles. The molecular formula is C14H19N5OS2. The fraction of sp³-hybridized carbons (Fsp3) is 0.286. The molecule has 1 rings (SSSR count). The number of hydrogen-bond donors (Lipinski definition) is 3. The van der Waals surface area contributed by atoms with E-state index in [0.717, 1.165) is 5.56 Å². The molecule has 6 nitrogen and oxygen atoms in total. The monoisotopic (exact) mass is 337 g/mol. The molecule has 0 bridgehead atoms. The lowest BCUT2D eigenvalue weighted by Gasteiger charge is -2.09. The molecular weight excluding hydrogens is 318 g/mol. The number of hydrazone groups is 2. The van der Waals surface area contributed by atoms with Gasteiger partial charge in [0.05, 0.1) is 12.3 Å². The van der Waals surface area contributed by atoms with Gasteiger partial charge in [-0.2, -0.15) is 10.2 Å². The number of thiocarbonyl (C=S) groups is 2. The molecule has 1 aromatic carbocycles. The molecule has 0 radical (unpaired) electrons. The van der Waals surface area contributed by atoms with Crippen molar-refractivity contribution < 1.29 is 4.74 Å². The number of hydrogen-bond acceptors (Lipinski definition) is 5. The Bertz CT molecular complexity index is 572. The fourth-order valence-corrected chi connectivity index (χ4v) is 1.67. The summed E-state index contributed by atoms with van der Waals surface area (Å²) in [5.41, 5.74) is 7.61.